The summed E-state index contributed by atoms with van der Waals surface area (Å²) in [6.45, 7) is 1.93. The molecule has 2 aliphatic carbocycles. The quantitative estimate of drug-likeness (QED) is 0.885. The lowest BCUT2D eigenvalue weighted by Gasteiger charge is -2.59. The summed E-state index contributed by atoms with van der Waals surface area (Å²) in [6, 6.07) is 11.4. The summed E-state index contributed by atoms with van der Waals surface area (Å²) in [5.41, 5.74) is 1.91. The van der Waals surface area contributed by atoms with Gasteiger partial charge in [0, 0.05) is 24.5 Å². The second kappa shape index (κ2) is 5.04. The molecule has 112 valence electrons. The van der Waals surface area contributed by atoms with E-state index in [4.69, 9.17) is 0 Å². The molecule has 3 aliphatic rings. The van der Waals surface area contributed by atoms with Gasteiger partial charge in [-0.15, -0.1) is 0 Å². The molecule has 0 aromatic heterocycles. The van der Waals surface area contributed by atoms with E-state index in [1.165, 1.54) is 44.1 Å². The van der Waals surface area contributed by atoms with Crippen LogP contribution < -0.4 is 5.32 Å². The highest BCUT2D eigenvalue weighted by atomic mass is 16.2. The van der Waals surface area contributed by atoms with Crippen LogP contribution in [0.1, 0.15) is 50.0 Å². The standard InChI is InChI=1S/C18H24N2O/c21-17(19-16-8-4-5-9-16)20-12-18(13-20)10-15(11-18)14-6-2-1-3-7-14/h1-3,6-7,15-16H,4-5,8-13H2,(H,19,21). The van der Waals surface area contributed by atoms with Gasteiger partial charge in [0.05, 0.1) is 0 Å². The Kier molecular flexibility index (Phi) is 3.16. The molecule has 1 aromatic rings. The first-order chi connectivity index (χ1) is 10.2. The summed E-state index contributed by atoms with van der Waals surface area (Å²) >= 11 is 0. The Bertz CT molecular complexity index is 507. The molecule has 1 spiro atoms. The maximum absolute atomic E-state index is 12.2. The molecule has 21 heavy (non-hydrogen) atoms. The maximum atomic E-state index is 12.2. The summed E-state index contributed by atoms with van der Waals surface area (Å²) in [7, 11) is 0. The number of benzene rings is 1. The van der Waals surface area contributed by atoms with Crippen LogP contribution in [0.2, 0.25) is 0 Å². The molecule has 2 saturated carbocycles. The van der Waals surface area contributed by atoms with Crippen molar-refractivity contribution in [2.75, 3.05) is 13.1 Å². The summed E-state index contributed by atoms with van der Waals surface area (Å²) in [5, 5.41) is 3.20. The average molecular weight is 284 g/mol. The molecule has 1 aromatic carbocycles. The number of hydrogen-bond acceptors (Lipinski definition) is 1. The second-order valence-corrected chi connectivity index (χ2v) is 7.30. The van der Waals surface area contributed by atoms with Crippen molar-refractivity contribution in [2.45, 2.75) is 50.5 Å². The molecule has 1 heterocycles. The minimum absolute atomic E-state index is 0.177. The third kappa shape index (κ3) is 2.43. The molecule has 1 aliphatic heterocycles. The monoisotopic (exact) mass is 284 g/mol. The van der Waals surface area contributed by atoms with Gasteiger partial charge in [0.2, 0.25) is 0 Å². The Morgan fingerprint density at radius 1 is 1.10 bits per heavy atom. The van der Waals surface area contributed by atoms with Gasteiger partial charge in [-0.1, -0.05) is 43.2 Å². The minimum atomic E-state index is 0.177. The van der Waals surface area contributed by atoms with Crippen molar-refractivity contribution >= 4 is 6.03 Å². The van der Waals surface area contributed by atoms with Crippen LogP contribution in [0, 0.1) is 5.41 Å². The van der Waals surface area contributed by atoms with Gasteiger partial charge < -0.3 is 10.2 Å². The number of nitrogens with zero attached hydrogens (tertiary/aromatic N) is 1. The lowest BCUT2D eigenvalue weighted by Crippen LogP contribution is -2.65. The number of rotatable bonds is 2. The van der Waals surface area contributed by atoms with Crippen molar-refractivity contribution in [3.8, 4) is 0 Å². The van der Waals surface area contributed by atoms with E-state index in [0.717, 1.165) is 13.1 Å². The number of carbonyl (C=O) groups excluding carboxylic acids is 1. The molecule has 3 nitrogen and oxygen atoms in total. The van der Waals surface area contributed by atoms with Crippen LogP contribution in [-0.2, 0) is 0 Å². The summed E-state index contributed by atoms with van der Waals surface area (Å²) in [5.74, 6) is 0.714. The Morgan fingerprint density at radius 3 is 2.43 bits per heavy atom. The van der Waals surface area contributed by atoms with Gasteiger partial charge in [0.15, 0.2) is 0 Å². The van der Waals surface area contributed by atoms with Crippen molar-refractivity contribution in [2.24, 2.45) is 5.41 Å². The number of urea groups is 1. The SMILES string of the molecule is O=C(NC1CCCC1)N1CC2(CC(c3ccccc3)C2)C1. The van der Waals surface area contributed by atoms with E-state index in [0.29, 0.717) is 17.4 Å². The van der Waals surface area contributed by atoms with Crippen LogP contribution >= 0.6 is 0 Å². The lowest BCUT2D eigenvalue weighted by atomic mass is 9.56. The first kappa shape index (κ1) is 13.2. The smallest absolute Gasteiger partial charge is 0.317 e. The highest BCUT2D eigenvalue weighted by Crippen LogP contribution is 2.55. The van der Waals surface area contributed by atoms with Crippen molar-refractivity contribution in [3.63, 3.8) is 0 Å². The van der Waals surface area contributed by atoms with Crippen molar-refractivity contribution in [1.29, 1.82) is 0 Å². The fraction of sp³-hybridized carbons (Fsp3) is 0.611. The van der Waals surface area contributed by atoms with Crippen molar-refractivity contribution < 1.29 is 4.79 Å². The molecule has 0 unspecified atom stereocenters. The molecule has 0 atom stereocenters. The maximum Gasteiger partial charge on any atom is 0.317 e. The molecular weight excluding hydrogens is 260 g/mol. The van der Waals surface area contributed by atoms with Gasteiger partial charge in [-0.25, -0.2) is 4.79 Å². The van der Waals surface area contributed by atoms with Gasteiger partial charge in [-0.05, 0) is 37.2 Å². The van der Waals surface area contributed by atoms with Crippen LogP contribution in [0.5, 0.6) is 0 Å². The normalized spacial score (nSPS) is 24.7. The van der Waals surface area contributed by atoms with E-state index in [1.54, 1.807) is 0 Å². The Morgan fingerprint density at radius 2 is 1.76 bits per heavy atom. The third-order valence-electron chi connectivity index (χ3n) is 5.65. The highest BCUT2D eigenvalue weighted by molar-refractivity contribution is 5.75. The predicted octanol–water partition coefficient (Wildman–Crippen LogP) is 3.52. The largest absolute Gasteiger partial charge is 0.335 e. The van der Waals surface area contributed by atoms with Crippen LogP contribution in [0.3, 0.4) is 0 Å². The summed E-state index contributed by atoms with van der Waals surface area (Å²) in [6.07, 6.45) is 7.39. The van der Waals surface area contributed by atoms with Gasteiger partial charge in [0.25, 0.3) is 0 Å². The number of amides is 2. The molecule has 1 saturated heterocycles. The highest BCUT2D eigenvalue weighted by Gasteiger charge is 2.53. The van der Waals surface area contributed by atoms with E-state index < -0.39 is 0 Å². The fourth-order valence-corrected chi connectivity index (χ4v) is 4.45. The van der Waals surface area contributed by atoms with Crippen LogP contribution in [0.25, 0.3) is 0 Å². The first-order valence-electron chi connectivity index (χ1n) is 8.35. The zero-order valence-electron chi connectivity index (χ0n) is 12.6. The van der Waals surface area contributed by atoms with Crippen LogP contribution in [0.4, 0.5) is 4.79 Å². The van der Waals surface area contributed by atoms with Crippen LogP contribution in [0.15, 0.2) is 30.3 Å². The Balaban J connectivity index is 1.25. The van der Waals surface area contributed by atoms with Gasteiger partial charge in [-0.3, -0.25) is 0 Å². The topological polar surface area (TPSA) is 32.3 Å². The molecule has 3 fully saturated rings. The molecular formula is C18H24N2O. The second-order valence-electron chi connectivity index (χ2n) is 7.30. The number of likely N-dealkylation sites (tertiary alicyclic amines) is 1. The predicted molar refractivity (Wildman–Crippen MR) is 83.2 cm³/mol. The Hall–Kier alpha value is -1.51. The number of nitrogens with one attached hydrogen (secondary N) is 1. The van der Waals surface area contributed by atoms with E-state index in [2.05, 4.69) is 35.6 Å². The molecule has 4 rings (SSSR count). The van der Waals surface area contributed by atoms with E-state index in [9.17, 15) is 4.79 Å². The van der Waals surface area contributed by atoms with E-state index >= 15 is 0 Å². The van der Waals surface area contributed by atoms with Gasteiger partial charge in [0.1, 0.15) is 0 Å². The zero-order chi connectivity index (χ0) is 14.3. The number of hydrogen-bond donors (Lipinski definition) is 1. The molecule has 0 bridgehead atoms. The molecule has 0 radical (unpaired) electrons. The fourth-order valence-electron chi connectivity index (χ4n) is 4.45. The lowest BCUT2D eigenvalue weighted by molar-refractivity contribution is -0.0477. The summed E-state index contributed by atoms with van der Waals surface area (Å²) < 4.78 is 0. The molecule has 1 N–H and O–H groups in total. The van der Waals surface area contributed by atoms with E-state index in [-0.39, 0.29) is 6.03 Å². The minimum Gasteiger partial charge on any atom is -0.335 e. The third-order valence-corrected chi connectivity index (χ3v) is 5.65. The Labute approximate surface area is 126 Å². The van der Waals surface area contributed by atoms with Gasteiger partial charge in [-0.2, -0.15) is 0 Å². The summed E-state index contributed by atoms with van der Waals surface area (Å²) in [4.78, 5) is 14.2. The number of carbonyl (C=O) groups is 1. The van der Waals surface area contributed by atoms with E-state index in [1.807, 2.05) is 4.90 Å². The molecule has 3 heteroatoms. The van der Waals surface area contributed by atoms with Crippen LogP contribution in [-0.4, -0.2) is 30.1 Å². The molecule has 2 amide bonds. The first-order valence-corrected chi connectivity index (χ1v) is 8.35. The van der Waals surface area contributed by atoms with Crippen molar-refractivity contribution in [1.82, 2.24) is 10.2 Å². The van der Waals surface area contributed by atoms with Gasteiger partial charge >= 0.3 is 6.03 Å². The zero-order valence-corrected chi connectivity index (χ0v) is 12.6. The van der Waals surface area contributed by atoms with Crippen molar-refractivity contribution in [3.05, 3.63) is 35.9 Å². The average Bonchev–Trinajstić information content (AvgIpc) is 2.89.